The molecule has 0 bridgehead atoms. The van der Waals surface area contributed by atoms with Gasteiger partial charge in [0.05, 0.1) is 16.7 Å². The van der Waals surface area contributed by atoms with Crippen LogP contribution in [0.25, 0.3) is 0 Å². The van der Waals surface area contributed by atoms with Crippen molar-refractivity contribution in [3.8, 4) is 0 Å². The molecule has 0 fully saturated rings. The number of benzene rings is 1. The second kappa shape index (κ2) is 7.33. The Labute approximate surface area is 140 Å². The molecule has 0 spiro atoms. The van der Waals surface area contributed by atoms with Gasteiger partial charge in [-0.05, 0) is 27.2 Å². The summed E-state index contributed by atoms with van der Waals surface area (Å²) in [6.45, 7) is 7.12. The van der Waals surface area contributed by atoms with E-state index in [1.54, 1.807) is 39.0 Å². The lowest BCUT2D eigenvalue weighted by Crippen LogP contribution is -2.37. The summed E-state index contributed by atoms with van der Waals surface area (Å²) in [5.74, 6) is -1.68. The fraction of sp³-hybridized carbons (Fsp3) is 0.471. The standard InChI is InChI=1S/C17H21N3O4/c1-5-13-16(12-8-6-7-9-14(12)20(22)23)15(11(4)18-19-13)17(21)24-10(2)3/h6-10,15-16H,5H2,1-4H3. The molecule has 0 aromatic heterocycles. The Kier molecular flexibility index (Phi) is 5.43. The van der Waals surface area contributed by atoms with Crippen molar-refractivity contribution >= 4 is 23.1 Å². The van der Waals surface area contributed by atoms with Gasteiger partial charge in [-0.15, -0.1) is 0 Å². The van der Waals surface area contributed by atoms with Gasteiger partial charge >= 0.3 is 5.97 Å². The largest absolute Gasteiger partial charge is 0.462 e. The van der Waals surface area contributed by atoms with E-state index in [1.165, 1.54) is 6.07 Å². The molecule has 2 rings (SSSR count). The zero-order valence-electron chi connectivity index (χ0n) is 14.2. The molecule has 0 saturated heterocycles. The van der Waals surface area contributed by atoms with Crippen LogP contribution in [0.15, 0.2) is 34.5 Å². The average molecular weight is 331 g/mol. The van der Waals surface area contributed by atoms with Crippen LogP contribution in [0.5, 0.6) is 0 Å². The van der Waals surface area contributed by atoms with Crippen LogP contribution in [0.1, 0.15) is 45.6 Å². The van der Waals surface area contributed by atoms with Crippen molar-refractivity contribution in [1.82, 2.24) is 0 Å². The number of carbonyl (C=O) groups is 1. The molecule has 1 heterocycles. The highest BCUT2D eigenvalue weighted by atomic mass is 16.6. The highest BCUT2D eigenvalue weighted by Crippen LogP contribution is 2.37. The van der Waals surface area contributed by atoms with Crippen molar-refractivity contribution in [1.29, 1.82) is 0 Å². The van der Waals surface area contributed by atoms with Gasteiger partial charge in [-0.2, -0.15) is 10.2 Å². The topological polar surface area (TPSA) is 94.2 Å². The monoisotopic (exact) mass is 331 g/mol. The SMILES string of the molecule is CCC1=NN=C(C)C(C(=O)OC(C)C)C1c1ccccc1[N+](=O)[O-]. The first-order valence-electron chi connectivity index (χ1n) is 7.91. The zero-order chi connectivity index (χ0) is 17.9. The van der Waals surface area contributed by atoms with Crippen molar-refractivity contribution in [2.24, 2.45) is 16.1 Å². The first-order valence-corrected chi connectivity index (χ1v) is 7.91. The van der Waals surface area contributed by atoms with Crippen LogP contribution in [-0.2, 0) is 9.53 Å². The van der Waals surface area contributed by atoms with Crippen molar-refractivity contribution in [2.45, 2.75) is 46.1 Å². The molecule has 0 amide bonds. The van der Waals surface area contributed by atoms with E-state index in [1.807, 2.05) is 6.92 Å². The lowest BCUT2D eigenvalue weighted by atomic mass is 9.77. The summed E-state index contributed by atoms with van der Waals surface area (Å²) in [7, 11) is 0. The van der Waals surface area contributed by atoms with E-state index >= 15 is 0 Å². The van der Waals surface area contributed by atoms with E-state index in [2.05, 4.69) is 10.2 Å². The molecule has 7 nitrogen and oxygen atoms in total. The quantitative estimate of drug-likeness (QED) is 0.469. The van der Waals surface area contributed by atoms with Crippen LogP contribution in [0.2, 0.25) is 0 Å². The summed E-state index contributed by atoms with van der Waals surface area (Å²) < 4.78 is 5.36. The third kappa shape index (κ3) is 3.50. The van der Waals surface area contributed by atoms with Crippen LogP contribution >= 0.6 is 0 Å². The Morgan fingerprint density at radius 1 is 1.33 bits per heavy atom. The summed E-state index contributed by atoms with van der Waals surface area (Å²) >= 11 is 0. The summed E-state index contributed by atoms with van der Waals surface area (Å²) in [4.78, 5) is 23.6. The predicted octanol–water partition coefficient (Wildman–Crippen LogP) is 3.49. The minimum Gasteiger partial charge on any atom is -0.462 e. The molecule has 0 aliphatic carbocycles. The fourth-order valence-corrected chi connectivity index (χ4v) is 2.88. The lowest BCUT2D eigenvalue weighted by molar-refractivity contribution is -0.385. The molecule has 0 saturated carbocycles. The maximum absolute atomic E-state index is 12.6. The van der Waals surface area contributed by atoms with Crippen LogP contribution in [0, 0.1) is 16.0 Å². The molecular formula is C17H21N3O4. The normalized spacial score (nSPS) is 20.4. The predicted molar refractivity (Wildman–Crippen MR) is 91.4 cm³/mol. The third-order valence-electron chi connectivity index (χ3n) is 3.92. The van der Waals surface area contributed by atoms with Gasteiger partial charge in [0.2, 0.25) is 0 Å². The molecule has 2 atom stereocenters. The van der Waals surface area contributed by atoms with Gasteiger partial charge in [-0.3, -0.25) is 14.9 Å². The number of esters is 1. The van der Waals surface area contributed by atoms with E-state index in [4.69, 9.17) is 4.74 Å². The van der Waals surface area contributed by atoms with E-state index in [0.717, 1.165) is 0 Å². The molecular weight excluding hydrogens is 310 g/mol. The van der Waals surface area contributed by atoms with Crippen molar-refractivity contribution in [2.75, 3.05) is 0 Å². The second-order valence-electron chi connectivity index (χ2n) is 5.94. The van der Waals surface area contributed by atoms with E-state index in [-0.39, 0.29) is 11.8 Å². The summed E-state index contributed by atoms with van der Waals surface area (Å²) in [6.07, 6.45) is 0.263. The van der Waals surface area contributed by atoms with Crippen molar-refractivity contribution < 1.29 is 14.5 Å². The molecule has 1 aromatic carbocycles. The van der Waals surface area contributed by atoms with Crippen LogP contribution in [0.4, 0.5) is 5.69 Å². The highest BCUT2D eigenvalue weighted by Gasteiger charge is 2.41. The zero-order valence-corrected chi connectivity index (χ0v) is 14.2. The van der Waals surface area contributed by atoms with Crippen LogP contribution in [0.3, 0.4) is 0 Å². The number of hydrogen-bond donors (Lipinski definition) is 0. The van der Waals surface area contributed by atoms with Gasteiger partial charge in [0.15, 0.2) is 0 Å². The number of carbonyl (C=O) groups excluding carboxylic acids is 1. The van der Waals surface area contributed by atoms with Gasteiger partial charge in [0, 0.05) is 23.3 Å². The Morgan fingerprint density at radius 2 is 2.00 bits per heavy atom. The van der Waals surface area contributed by atoms with Crippen molar-refractivity contribution in [3.05, 3.63) is 39.9 Å². The molecule has 1 aromatic rings. The number of nitrogens with zero attached hydrogens (tertiary/aromatic N) is 3. The van der Waals surface area contributed by atoms with E-state index in [0.29, 0.717) is 23.4 Å². The van der Waals surface area contributed by atoms with Gasteiger partial charge in [0.25, 0.3) is 5.69 Å². The number of nitro groups is 1. The van der Waals surface area contributed by atoms with Crippen LogP contribution in [-0.4, -0.2) is 28.4 Å². The molecule has 2 unspecified atom stereocenters. The summed E-state index contributed by atoms with van der Waals surface area (Å²) in [5.41, 5.74) is 1.57. The van der Waals surface area contributed by atoms with Gasteiger partial charge in [0.1, 0.15) is 5.92 Å². The third-order valence-corrected chi connectivity index (χ3v) is 3.92. The lowest BCUT2D eigenvalue weighted by Gasteiger charge is -2.29. The Morgan fingerprint density at radius 3 is 2.58 bits per heavy atom. The maximum atomic E-state index is 12.6. The minimum absolute atomic E-state index is 0.0271. The molecule has 1 aliphatic heterocycles. The molecule has 0 N–H and O–H groups in total. The number of hydrogen-bond acceptors (Lipinski definition) is 6. The number of ether oxygens (including phenoxy) is 1. The number of nitro benzene ring substituents is 1. The molecule has 0 radical (unpaired) electrons. The van der Waals surface area contributed by atoms with Gasteiger partial charge in [-0.1, -0.05) is 25.1 Å². The fourth-order valence-electron chi connectivity index (χ4n) is 2.88. The van der Waals surface area contributed by atoms with Crippen molar-refractivity contribution in [3.63, 3.8) is 0 Å². The number of rotatable bonds is 5. The smallest absolute Gasteiger partial charge is 0.316 e. The van der Waals surface area contributed by atoms with E-state index in [9.17, 15) is 14.9 Å². The number of para-hydroxylation sites is 1. The second-order valence-corrected chi connectivity index (χ2v) is 5.94. The van der Waals surface area contributed by atoms with Gasteiger partial charge < -0.3 is 4.74 Å². The molecule has 1 aliphatic rings. The Hall–Kier alpha value is -2.57. The van der Waals surface area contributed by atoms with E-state index < -0.39 is 22.7 Å². The highest BCUT2D eigenvalue weighted by molar-refractivity contribution is 6.10. The first-order chi connectivity index (χ1) is 11.4. The molecule has 7 heteroatoms. The average Bonchev–Trinajstić information content (AvgIpc) is 2.53. The maximum Gasteiger partial charge on any atom is 0.316 e. The molecule has 24 heavy (non-hydrogen) atoms. The molecule has 128 valence electrons. The first kappa shape index (κ1) is 17.8. The summed E-state index contributed by atoms with van der Waals surface area (Å²) in [5, 5.41) is 19.7. The van der Waals surface area contributed by atoms with Crippen LogP contribution < -0.4 is 0 Å². The summed E-state index contributed by atoms with van der Waals surface area (Å²) in [6, 6.07) is 6.44. The van der Waals surface area contributed by atoms with Gasteiger partial charge in [-0.25, -0.2) is 0 Å². The Bertz CT molecular complexity index is 710. The minimum atomic E-state index is -0.707. The Balaban J connectivity index is 2.57.